The quantitative estimate of drug-likeness (QED) is 0.637. The molecule has 0 radical (unpaired) electrons. The summed E-state index contributed by atoms with van der Waals surface area (Å²) < 4.78 is 26.8. The van der Waals surface area contributed by atoms with E-state index in [9.17, 15) is 8.96 Å². The first-order valence-electron chi connectivity index (χ1n) is 7.63. The normalized spacial score (nSPS) is 11.3. The number of aryl methyl sites for hydroxylation is 1. The van der Waals surface area contributed by atoms with Gasteiger partial charge in [0.05, 0.1) is 0 Å². The summed E-state index contributed by atoms with van der Waals surface area (Å²) in [6, 6.07) is 25.7. The van der Waals surface area contributed by atoms with Crippen molar-refractivity contribution in [1.82, 2.24) is 0 Å². The summed E-state index contributed by atoms with van der Waals surface area (Å²) in [4.78, 5) is 0. The van der Waals surface area contributed by atoms with Crippen molar-refractivity contribution in [1.29, 1.82) is 0 Å². The lowest BCUT2D eigenvalue weighted by molar-refractivity contribution is 0.586. The van der Waals surface area contributed by atoms with Gasteiger partial charge in [0.15, 0.2) is 0 Å². The van der Waals surface area contributed by atoms with Crippen molar-refractivity contribution in [3.8, 4) is 0 Å². The van der Waals surface area contributed by atoms with Gasteiger partial charge >= 0.3 is 0 Å². The van der Waals surface area contributed by atoms with Gasteiger partial charge in [-0.1, -0.05) is 72.8 Å². The smallest absolute Gasteiger partial charge is 0.143 e. The average Bonchev–Trinajstić information content (AvgIpc) is 2.62. The minimum absolute atomic E-state index is 0.247. The first kappa shape index (κ1) is 15.7. The molecule has 23 heavy (non-hydrogen) atoms. The van der Waals surface area contributed by atoms with Crippen LogP contribution in [0.5, 0.6) is 0 Å². The van der Waals surface area contributed by atoms with E-state index in [2.05, 4.69) is 0 Å². The lowest BCUT2D eigenvalue weighted by atomic mass is 10.2. The second-order valence-electron chi connectivity index (χ2n) is 5.51. The summed E-state index contributed by atoms with van der Waals surface area (Å²) >= 11 is 0. The van der Waals surface area contributed by atoms with Gasteiger partial charge in [-0.25, -0.2) is 4.39 Å². The molecule has 3 aromatic carbocycles. The average molecular weight is 324 g/mol. The molecule has 0 aromatic heterocycles. The molecular weight excluding hydrogens is 306 g/mol. The SMILES string of the molecule is O=P(CCc1ccc(F)cc1)(c1ccccc1)c1ccccc1. The third-order valence-corrected chi connectivity index (χ3v) is 7.09. The molecular formula is C20H18FOP. The Morgan fingerprint density at radius 3 is 1.65 bits per heavy atom. The third-order valence-electron chi connectivity index (χ3n) is 3.98. The predicted molar refractivity (Wildman–Crippen MR) is 94.7 cm³/mol. The van der Waals surface area contributed by atoms with Gasteiger partial charge in [0.1, 0.15) is 13.0 Å². The van der Waals surface area contributed by atoms with Gasteiger partial charge in [-0.15, -0.1) is 0 Å². The Bertz CT molecular complexity index is 755. The van der Waals surface area contributed by atoms with Crippen molar-refractivity contribution in [3.05, 3.63) is 96.3 Å². The fourth-order valence-corrected chi connectivity index (χ4v) is 5.38. The van der Waals surface area contributed by atoms with Crippen molar-refractivity contribution < 1.29 is 8.96 Å². The molecule has 3 rings (SSSR count). The molecule has 116 valence electrons. The van der Waals surface area contributed by atoms with E-state index < -0.39 is 7.14 Å². The van der Waals surface area contributed by atoms with E-state index in [1.807, 2.05) is 60.7 Å². The number of halogens is 1. The van der Waals surface area contributed by atoms with Crippen LogP contribution in [0.3, 0.4) is 0 Å². The summed E-state index contributed by atoms with van der Waals surface area (Å²) in [6.07, 6.45) is 1.19. The van der Waals surface area contributed by atoms with Gasteiger partial charge in [0.2, 0.25) is 0 Å². The van der Waals surface area contributed by atoms with Crippen LogP contribution in [0.15, 0.2) is 84.9 Å². The number of rotatable bonds is 5. The van der Waals surface area contributed by atoms with Crippen molar-refractivity contribution >= 4 is 17.8 Å². The Morgan fingerprint density at radius 2 is 1.17 bits per heavy atom. The molecule has 0 saturated heterocycles. The fraction of sp³-hybridized carbons (Fsp3) is 0.100. The Labute approximate surface area is 136 Å². The number of hydrogen-bond acceptors (Lipinski definition) is 1. The van der Waals surface area contributed by atoms with Crippen LogP contribution in [0.25, 0.3) is 0 Å². The Morgan fingerprint density at radius 1 is 0.696 bits per heavy atom. The molecule has 0 heterocycles. The molecule has 0 fully saturated rings. The second kappa shape index (κ2) is 6.93. The van der Waals surface area contributed by atoms with E-state index in [0.29, 0.717) is 12.6 Å². The maximum atomic E-state index is 13.8. The molecule has 0 unspecified atom stereocenters. The molecule has 0 aliphatic carbocycles. The first-order chi connectivity index (χ1) is 11.2. The largest absolute Gasteiger partial charge is 0.314 e. The summed E-state index contributed by atoms with van der Waals surface area (Å²) in [6.45, 7) is 0. The van der Waals surface area contributed by atoms with Crippen molar-refractivity contribution in [2.75, 3.05) is 6.16 Å². The van der Waals surface area contributed by atoms with Crippen LogP contribution >= 0.6 is 7.14 Å². The molecule has 0 saturated carbocycles. The fourth-order valence-electron chi connectivity index (χ4n) is 2.68. The lowest BCUT2D eigenvalue weighted by Gasteiger charge is -2.19. The van der Waals surface area contributed by atoms with Crippen molar-refractivity contribution in [3.63, 3.8) is 0 Å². The van der Waals surface area contributed by atoms with Gasteiger partial charge in [-0.2, -0.15) is 0 Å². The molecule has 0 N–H and O–H groups in total. The predicted octanol–water partition coefficient (Wildman–Crippen LogP) is 4.38. The zero-order chi connectivity index (χ0) is 16.1. The lowest BCUT2D eigenvalue weighted by Crippen LogP contribution is -2.19. The van der Waals surface area contributed by atoms with E-state index in [-0.39, 0.29) is 5.82 Å². The first-order valence-corrected chi connectivity index (χ1v) is 9.52. The van der Waals surface area contributed by atoms with Gasteiger partial charge in [0, 0.05) is 16.8 Å². The van der Waals surface area contributed by atoms with Gasteiger partial charge in [-0.05, 0) is 24.1 Å². The van der Waals surface area contributed by atoms with Crippen molar-refractivity contribution in [2.45, 2.75) is 6.42 Å². The highest BCUT2D eigenvalue weighted by Crippen LogP contribution is 2.43. The topological polar surface area (TPSA) is 17.1 Å². The minimum Gasteiger partial charge on any atom is -0.314 e. The van der Waals surface area contributed by atoms with Crippen LogP contribution in [0, 0.1) is 5.82 Å². The maximum absolute atomic E-state index is 13.8. The number of benzene rings is 3. The molecule has 3 heteroatoms. The Kier molecular flexibility index (Phi) is 4.73. The van der Waals surface area contributed by atoms with E-state index in [1.165, 1.54) is 12.1 Å². The maximum Gasteiger partial charge on any atom is 0.143 e. The van der Waals surface area contributed by atoms with Crippen LogP contribution in [-0.2, 0) is 11.0 Å². The third kappa shape index (κ3) is 3.60. The van der Waals surface area contributed by atoms with E-state index >= 15 is 0 Å². The van der Waals surface area contributed by atoms with Gasteiger partial charge < -0.3 is 4.57 Å². The highest BCUT2D eigenvalue weighted by Gasteiger charge is 2.26. The Hall–Kier alpha value is -2.18. The van der Waals surface area contributed by atoms with Gasteiger partial charge in [-0.3, -0.25) is 0 Å². The summed E-state index contributed by atoms with van der Waals surface area (Å²) in [5.41, 5.74) is 0.999. The van der Waals surface area contributed by atoms with Crippen LogP contribution in [0.1, 0.15) is 5.56 Å². The zero-order valence-corrected chi connectivity index (χ0v) is 13.6. The molecule has 0 atom stereocenters. The zero-order valence-electron chi connectivity index (χ0n) is 12.7. The van der Waals surface area contributed by atoms with E-state index in [4.69, 9.17) is 0 Å². The second-order valence-corrected chi connectivity index (χ2v) is 8.47. The molecule has 0 aliphatic heterocycles. The molecule has 0 spiro atoms. The summed E-state index contributed by atoms with van der Waals surface area (Å²) in [5, 5.41) is 1.74. The Balaban J connectivity index is 1.93. The molecule has 0 aliphatic rings. The highest BCUT2D eigenvalue weighted by molar-refractivity contribution is 7.78. The molecule has 0 amide bonds. The van der Waals surface area contributed by atoms with Gasteiger partial charge in [0.25, 0.3) is 0 Å². The molecule has 1 nitrogen and oxygen atoms in total. The molecule has 0 bridgehead atoms. The summed E-state index contributed by atoms with van der Waals surface area (Å²) in [7, 11) is -2.70. The highest BCUT2D eigenvalue weighted by atomic mass is 31.2. The van der Waals surface area contributed by atoms with Crippen LogP contribution in [0.4, 0.5) is 4.39 Å². The monoisotopic (exact) mass is 324 g/mol. The standard InChI is InChI=1S/C20H18FOP/c21-18-13-11-17(12-14-18)15-16-23(22,19-7-3-1-4-8-19)20-9-5-2-6-10-20/h1-14H,15-16H2. The summed E-state index contributed by atoms with van der Waals surface area (Å²) in [5.74, 6) is -0.247. The molecule has 3 aromatic rings. The van der Waals surface area contributed by atoms with E-state index in [0.717, 1.165) is 16.2 Å². The number of hydrogen-bond donors (Lipinski definition) is 0. The van der Waals surface area contributed by atoms with Crippen LogP contribution < -0.4 is 10.6 Å². The van der Waals surface area contributed by atoms with Crippen molar-refractivity contribution in [2.24, 2.45) is 0 Å². The van der Waals surface area contributed by atoms with Crippen LogP contribution in [-0.4, -0.2) is 6.16 Å². The van der Waals surface area contributed by atoms with E-state index in [1.54, 1.807) is 12.1 Å². The minimum atomic E-state index is -2.70. The van der Waals surface area contributed by atoms with Crippen LogP contribution in [0.2, 0.25) is 0 Å².